The zero-order chi connectivity index (χ0) is 37.7. The van der Waals surface area contributed by atoms with E-state index in [4.69, 9.17) is 19.4 Å². The van der Waals surface area contributed by atoms with Crippen LogP contribution >= 0.6 is 0 Å². The lowest BCUT2D eigenvalue weighted by Gasteiger charge is -2.12. The van der Waals surface area contributed by atoms with Gasteiger partial charge in [0.25, 0.3) is 0 Å². The van der Waals surface area contributed by atoms with Crippen molar-refractivity contribution in [2.24, 2.45) is 0 Å². The second-order valence-electron chi connectivity index (χ2n) is 12.0. The zero-order valence-corrected chi connectivity index (χ0v) is 31.8. The van der Waals surface area contributed by atoms with Crippen LogP contribution in [0.25, 0.3) is 73.7 Å². The molecule has 3 heterocycles. The second kappa shape index (κ2) is 18.2. The Labute approximate surface area is 313 Å². The van der Waals surface area contributed by atoms with Gasteiger partial charge in [-0.05, 0) is 57.9 Å². The lowest BCUT2D eigenvalue weighted by Crippen LogP contribution is -2.08. The van der Waals surface area contributed by atoms with Crippen molar-refractivity contribution in [2.75, 3.05) is 0 Å². The van der Waals surface area contributed by atoms with E-state index in [9.17, 15) is 0 Å². The number of nitrogens with zero attached hydrogens (tertiary/aromatic N) is 4. The van der Waals surface area contributed by atoms with Gasteiger partial charge in [-0.1, -0.05) is 160 Å². The average molecular weight is 697 g/mol. The Morgan fingerprint density at radius 3 is 1.66 bits per heavy atom. The summed E-state index contributed by atoms with van der Waals surface area (Å²) < 4.78 is 7.91. The lowest BCUT2D eigenvalue weighted by molar-refractivity contribution is 0.666. The van der Waals surface area contributed by atoms with Gasteiger partial charge in [0.1, 0.15) is 11.2 Å². The van der Waals surface area contributed by atoms with E-state index in [0.717, 1.165) is 50.0 Å². The Bertz CT molecular complexity index is 2420. The van der Waals surface area contributed by atoms with Gasteiger partial charge in [-0.15, -0.1) is 0 Å². The number of rotatable bonds is 5. The molecule has 5 aromatic carbocycles. The van der Waals surface area contributed by atoms with Crippen LogP contribution in [0.1, 0.15) is 57.0 Å². The SMILES string of the molecule is C/C=C\C.C=Cc1c(/C=C\C)n(-c2nc(-c3ccccc3)nc(-c3ccccc3)n2)c2c(C)cccc12.CC.Cc1cccc2c1oc1ccccc12. The molecule has 0 spiro atoms. The lowest BCUT2D eigenvalue weighted by atomic mass is 10.1. The van der Waals surface area contributed by atoms with E-state index >= 15 is 0 Å². The molecule has 0 saturated heterocycles. The van der Waals surface area contributed by atoms with E-state index in [1.807, 2.05) is 138 Å². The van der Waals surface area contributed by atoms with E-state index in [1.54, 1.807) is 0 Å². The van der Waals surface area contributed by atoms with Crippen LogP contribution in [0.3, 0.4) is 0 Å². The highest BCUT2D eigenvalue weighted by Gasteiger charge is 2.20. The summed E-state index contributed by atoms with van der Waals surface area (Å²) in [6.07, 6.45) is 10.0. The monoisotopic (exact) mass is 696 g/mol. The molecule has 0 amide bonds. The van der Waals surface area contributed by atoms with Crippen LogP contribution in [0.2, 0.25) is 0 Å². The molecule has 8 aromatic rings. The molecule has 5 heteroatoms. The minimum absolute atomic E-state index is 0.586. The normalized spacial score (nSPS) is 10.8. The molecular formula is C48H48N4O. The van der Waals surface area contributed by atoms with E-state index in [1.165, 1.54) is 16.3 Å². The molecule has 0 aliphatic heterocycles. The molecule has 5 nitrogen and oxygen atoms in total. The van der Waals surface area contributed by atoms with Crippen molar-refractivity contribution >= 4 is 45.0 Å². The number of hydrogen-bond acceptors (Lipinski definition) is 4. The number of benzene rings is 5. The molecule has 266 valence electrons. The van der Waals surface area contributed by atoms with E-state index in [0.29, 0.717) is 17.6 Å². The van der Waals surface area contributed by atoms with Crippen molar-refractivity contribution in [2.45, 2.75) is 48.5 Å². The van der Waals surface area contributed by atoms with E-state index in [-0.39, 0.29) is 0 Å². The fraction of sp³-hybridized carbons (Fsp3) is 0.146. The Balaban J connectivity index is 0.000000222. The van der Waals surface area contributed by atoms with Crippen molar-refractivity contribution in [1.82, 2.24) is 19.5 Å². The van der Waals surface area contributed by atoms with Gasteiger partial charge < -0.3 is 4.42 Å². The fourth-order valence-corrected chi connectivity index (χ4v) is 6.08. The summed E-state index contributed by atoms with van der Waals surface area (Å²) in [6, 6.07) is 40.8. The Morgan fingerprint density at radius 2 is 1.09 bits per heavy atom. The van der Waals surface area contributed by atoms with Crippen LogP contribution in [0, 0.1) is 13.8 Å². The molecule has 0 fully saturated rings. The highest BCUT2D eigenvalue weighted by atomic mass is 16.3. The van der Waals surface area contributed by atoms with Gasteiger partial charge in [-0.25, -0.2) is 4.98 Å². The first kappa shape index (κ1) is 37.9. The van der Waals surface area contributed by atoms with Crippen LogP contribution in [-0.2, 0) is 0 Å². The first-order valence-electron chi connectivity index (χ1n) is 18.2. The Morgan fingerprint density at radius 1 is 0.566 bits per heavy atom. The van der Waals surface area contributed by atoms with Crippen molar-refractivity contribution < 1.29 is 4.42 Å². The molecule has 0 saturated carbocycles. The molecule has 0 radical (unpaired) electrons. The number of para-hydroxylation sites is 3. The summed E-state index contributed by atoms with van der Waals surface area (Å²) in [5.41, 5.74) is 9.35. The van der Waals surface area contributed by atoms with Gasteiger partial charge in [-0.2, -0.15) is 9.97 Å². The first-order valence-corrected chi connectivity index (χ1v) is 18.2. The third-order valence-electron chi connectivity index (χ3n) is 8.62. The highest BCUT2D eigenvalue weighted by Crippen LogP contribution is 2.34. The third kappa shape index (κ3) is 8.26. The third-order valence-corrected chi connectivity index (χ3v) is 8.62. The summed E-state index contributed by atoms with van der Waals surface area (Å²) in [7, 11) is 0. The smallest absolute Gasteiger partial charge is 0.238 e. The first-order chi connectivity index (χ1) is 26.0. The maximum atomic E-state index is 5.78. The fourth-order valence-electron chi connectivity index (χ4n) is 6.08. The Kier molecular flexibility index (Phi) is 13.1. The van der Waals surface area contributed by atoms with Crippen LogP contribution in [0.5, 0.6) is 0 Å². The number of furan rings is 1. The second-order valence-corrected chi connectivity index (χ2v) is 12.0. The zero-order valence-electron chi connectivity index (χ0n) is 31.8. The van der Waals surface area contributed by atoms with Crippen LogP contribution < -0.4 is 0 Å². The van der Waals surface area contributed by atoms with Gasteiger partial charge >= 0.3 is 0 Å². The van der Waals surface area contributed by atoms with Crippen molar-refractivity contribution in [3.05, 3.63) is 169 Å². The van der Waals surface area contributed by atoms with Crippen LogP contribution in [0.4, 0.5) is 0 Å². The molecule has 8 rings (SSSR count). The minimum Gasteiger partial charge on any atom is -0.456 e. The maximum Gasteiger partial charge on any atom is 0.238 e. The molecule has 0 atom stereocenters. The maximum absolute atomic E-state index is 5.78. The van der Waals surface area contributed by atoms with E-state index < -0.39 is 0 Å². The topological polar surface area (TPSA) is 56.7 Å². The summed E-state index contributed by atoms with van der Waals surface area (Å²) in [4.78, 5) is 14.7. The molecule has 53 heavy (non-hydrogen) atoms. The predicted octanol–water partition coefficient (Wildman–Crippen LogP) is 13.6. The summed E-state index contributed by atoms with van der Waals surface area (Å²) in [6.45, 7) is 18.3. The molecular weight excluding hydrogens is 649 g/mol. The minimum atomic E-state index is 0.586. The molecule has 3 aromatic heterocycles. The highest BCUT2D eigenvalue weighted by molar-refractivity contribution is 6.05. The van der Waals surface area contributed by atoms with Crippen molar-refractivity contribution in [3.8, 4) is 28.7 Å². The van der Waals surface area contributed by atoms with Gasteiger partial charge in [0.2, 0.25) is 5.95 Å². The molecule has 0 bridgehead atoms. The predicted molar refractivity (Wildman–Crippen MR) is 227 cm³/mol. The van der Waals surface area contributed by atoms with Gasteiger partial charge in [-0.3, -0.25) is 4.57 Å². The van der Waals surface area contributed by atoms with E-state index in [2.05, 4.69) is 73.5 Å². The average Bonchev–Trinajstić information content (AvgIpc) is 3.76. The molecule has 0 unspecified atom stereocenters. The van der Waals surface area contributed by atoms with Crippen LogP contribution in [0.15, 0.2) is 151 Å². The molecule has 0 aliphatic rings. The van der Waals surface area contributed by atoms with Crippen molar-refractivity contribution in [3.63, 3.8) is 0 Å². The summed E-state index contributed by atoms with van der Waals surface area (Å²) in [5, 5.41) is 3.54. The molecule has 0 N–H and O–H groups in total. The van der Waals surface area contributed by atoms with Crippen molar-refractivity contribution in [1.29, 1.82) is 0 Å². The number of allylic oxidation sites excluding steroid dienone is 3. The molecule has 0 aliphatic carbocycles. The van der Waals surface area contributed by atoms with Gasteiger partial charge in [0, 0.05) is 32.8 Å². The summed E-state index contributed by atoms with van der Waals surface area (Å²) in [5.74, 6) is 1.87. The number of aromatic nitrogens is 4. The number of aryl methyl sites for hydroxylation is 2. The standard InChI is InChI=1S/C29H24N4.C13H10O.C4H8.C2H6/c1-4-13-25-23(5-2)24-19-12-14-20(3)26(24)33(25)29-31-27(21-15-8-6-9-16-21)30-28(32-29)22-17-10-7-11-18-22;1-9-5-4-7-11-10-6-2-3-8-12(10)14-13(9)11;1-3-4-2;1-2/h4-19H,2H2,1,3H3;2-8H,1H3;3-4H,1-2H3;1-2H3/b13-4-;;4-3-;. The van der Waals surface area contributed by atoms with Crippen LogP contribution in [-0.4, -0.2) is 19.5 Å². The largest absolute Gasteiger partial charge is 0.456 e. The Hall–Kier alpha value is -6.33. The van der Waals surface area contributed by atoms with Gasteiger partial charge in [0.05, 0.1) is 11.2 Å². The number of hydrogen-bond donors (Lipinski definition) is 0. The number of fused-ring (bicyclic) bond motifs is 4. The summed E-state index contributed by atoms with van der Waals surface area (Å²) >= 11 is 0. The van der Waals surface area contributed by atoms with Gasteiger partial charge in [0.15, 0.2) is 11.6 Å². The quantitative estimate of drug-likeness (QED) is 0.168.